The Morgan fingerprint density at radius 1 is 1.44 bits per heavy atom. The largest absolute Gasteiger partial charge is 0.465 e. The smallest absolute Gasteiger partial charge is 0.337 e. The second-order valence-electron chi connectivity index (χ2n) is 5.77. The van der Waals surface area contributed by atoms with Crippen LogP contribution in [0, 0.1) is 0 Å². The van der Waals surface area contributed by atoms with Crippen LogP contribution >= 0.6 is 24.0 Å². The fraction of sp³-hybridized carbons (Fsp3) is 0.333. The molecule has 0 radical (unpaired) electrons. The molecule has 2 aromatic rings. The van der Waals surface area contributed by atoms with Crippen LogP contribution in [0.2, 0.25) is 5.02 Å². The maximum Gasteiger partial charge on any atom is 0.337 e. The van der Waals surface area contributed by atoms with Gasteiger partial charge in [-0.15, -0.1) is 12.4 Å². The third-order valence-corrected chi connectivity index (χ3v) is 4.63. The molecular formula is C18H21Cl2N3O2. The Labute approximate surface area is 158 Å². The monoisotopic (exact) mass is 381 g/mol. The van der Waals surface area contributed by atoms with E-state index in [1.165, 1.54) is 12.7 Å². The van der Waals surface area contributed by atoms with Gasteiger partial charge >= 0.3 is 5.97 Å². The number of nitrogens with zero attached hydrogens (tertiary/aromatic N) is 2. The summed E-state index contributed by atoms with van der Waals surface area (Å²) in [4.78, 5) is 18.3. The van der Waals surface area contributed by atoms with Crippen molar-refractivity contribution in [3.05, 3.63) is 64.4 Å². The lowest BCUT2D eigenvalue weighted by atomic mass is 10.0. The Kier molecular flexibility index (Phi) is 7.20. The fourth-order valence-corrected chi connectivity index (χ4v) is 3.17. The molecule has 25 heavy (non-hydrogen) atoms. The first-order valence-corrected chi connectivity index (χ1v) is 8.28. The van der Waals surface area contributed by atoms with Gasteiger partial charge in [0.2, 0.25) is 0 Å². The number of piperazine rings is 1. The zero-order valence-corrected chi connectivity index (χ0v) is 15.5. The lowest BCUT2D eigenvalue weighted by molar-refractivity contribution is 0.0600. The van der Waals surface area contributed by atoms with Crippen molar-refractivity contribution in [2.24, 2.45) is 0 Å². The maximum absolute atomic E-state index is 11.8. The first-order valence-electron chi connectivity index (χ1n) is 7.90. The lowest BCUT2D eigenvalue weighted by Gasteiger charge is -2.36. The van der Waals surface area contributed by atoms with E-state index in [2.05, 4.69) is 21.3 Å². The van der Waals surface area contributed by atoms with Crippen LogP contribution < -0.4 is 5.32 Å². The Morgan fingerprint density at radius 2 is 2.28 bits per heavy atom. The van der Waals surface area contributed by atoms with E-state index in [0.29, 0.717) is 17.1 Å². The average Bonchev–Trinajstić information content (AvgIpc) is 2.64. The van der Waals surface area contributed by atoms with Crippen LogP contribution in [0.25, 0.3) is 0 Å². The molecule has 0 saturated carbocycles. The molecule has 1 aliphatic heterocycles. The quantitative estimate of drug-likeness (QED) is 0.824. The van der Waals surface area contributed by atoms with Crippen molar-refractivity contribution < 1.29 is 9.53 Å². The van der Waals surface area contributed by atoms with Gasteiger partial charge in [-0.3, -0.25) is 9.88 Å². The van der Waals surface area contributed by atoms with E-state index in [4.69, 9.17) is 16.3 Å². The number of pyridine rings is 1. The van der Waals surface area contributed by atoms with Gasteiger partial charge in [0.15, 0.2) is 0 Å². The highest BCUT2D eigenvalue weighted by Crippen LogP contribution is 2.27. The highest BCUT2D eigenvalue weighted by Gasteiger charge is 2.24. The molecule has 1 N–H and O–H groups in total. The van der Waals surface area contributed by atoms with Crippen LogP contribution in [0.3, 0.4) is 0 Å². The maximum atomic E-state index is 11.8. The molecule has 1 fully saturated rings. The molecule has 134 valence electrons. The predicted octanol–water partition coefficient (Wildman–Crippen LogP) is 3.09. The second kappa shape index (κ2) is 9.15. The van der Waals surface area contributed by atoms with Crippen molar-refractivity contribution >= 4 is 30.0 Å². The summed E-state index contributed by atoms with van der Waals surface area (Å²) in [6, 6.07) is 9.52. The van der Waals surface area contributed by atoms with E-state index in [1.807, 2.05) is 18.3 Å². The molecule has 3 rings (SSSR count). The molecule has 1 atom stereocenters. The first kappa shape index (κ1) is 19.7. The number of esters is 1. The van der Waals surface area contributed by atoms with Crippen LogP contribution in [0.15, 0.2) is 42.7 Å². The van der Waals surface area contributed by atoms with E-state index in [0.717, 1.165) is 25.2 Å². The number of hydrogen-bond donors (Lipinski definition) is 1. The summed E-state index contributed by atoms with van der Waals surface area (Å²) >= 11 is 6.35. The predicted molar refractivity (Wildman–Crippen MR) is 100 cm³/mol. The summed E-state index contributed by atoms with van der Waals surface area (Å²) in [7, 11) is 1.38. The first-order chi connectivity index (χ1) is 11.7. The minimum absolute atomic E-state index is 0. The number of nitrogens with one attached hydrogen (secondary N) is 1. The highest BCUT2D eigenvalue weighted by molar-refractivity contribution is 6.31. The minimum Gasteiger partial charge on any atom is -0.465 e. The molecule has 0 aliphatic carbocycles. The molecule has 1 aliphatic rings. The number of rotatable bonds is 4. The Hall–Kier alpha value is -1.66. The van der Waals surface area contributed by atoms with Crippen LogP contribution in [-0.2, 0) is 11.3 Å². The third-order valence-electron chi connectivity index (χ3n) is 4.26. The fourth-order valence-electron chi connectivity index (χ4n) is 3.00. The number of hydrogen-bond acceptors (Lipinski definition) is 5. The number of carbonyl (C=O) groups excluding carboxylic acids is 1. The lowest BCUT2D eigenvalue weighted by Crippen LogP contribution is -2.45. The van der Waals surface area contributed by atoms with Crippen LogP contribution in [0.5, 0.6) is 0 Å². The van der Waals surface area contributed by atoms with Crippen molar-refractivity contribution in [2.45, 2.75) is 12.6 Å². The van der Waals surface area contributed by atoms with E-state index in [9.17, 15) is 4.79 Å². The number of ether oxygens (including phenoxy) is 1. The van der Waals surface area contributed by atoms with Crippen molar-refractivity contribution in [1.82, 2.24) is 15.2 Å². The SMILES string of the molecule is COC(=O)c1ccc(Cl)c(CN2CCNCC2c2cccnc2)c1.Cl. The Morgan fingerprint density at radius 3 is 3.00 bits per heavy atom. The molecule has 7 heteroatoms. The van der Waals surface area contributed by atoms with Gasteiger partial charge in [-0.05, 0) is 35.4 Å². The van der Waals surface area contributed by atoms with E-state index < -0.39 is 0 Å². The van der Waals surface area contributed by atoms with Gasteiger partial charge in [0.1, 0.15) is 0 Å². The molecule has 1 unspecified atom stereocenters. The van der Waals surface area contributed by atoms with E-state index in [-0.39, 0.29) is 24.4 Å². The van der Waals surface area contributed by atoms with Crippen LogP contribution in [-0.4, -0.2) is 42.6 Å². The van der Waals surface area contributed by atoms with Gasteiger partial charge in [-0.1, -0.05) is 17.7 Å². The molecule has 1 saturated heterocycles. The van der Waals surface area contributed by atoms with Gasteiger partial charge in [0, 0.05) is 49.6 Å². The summed E-state index contributed by atoms with van der Waals surface area (Å²) in [5, 5.41) is 4.08. The standard InChI is InChI=1S/C18H20ClN3O2.ClH/c1-24-18(23)13-4-5-16(19)15(9-13)12-22-8-7-21-11-17(22)14-3-2-6-20-10-14;/h2-6,9-10,17,21H,7-8,11-12H2,1H3;1H. The van der Waals surface area contributed by atoms with Crippen molar-refractivity contribution in [2.75, 3.05) is 26.7 Å². The molecule has 0 spiro atoms. The van der Waals surface area contributed by atoms with Gasteiger partial charge in [0.25, 0.3) is 0 Å². The van der Waals surface area contributed by atoms with Crippen molar-refractivity contribution in [1.29, 1.82) is 0 Å². The summed E-state index contributed by atoms with van der Waals surface area (Å²) in [5.41, 5.74) is 2.62. The zero-order chi connectivity index (χ0) is 16.9. The number of halogens is 2. The summed E-state index contributed by atoms with van der Waals surface area (Å²) in [6.45, 7) is 3.36. The third kappa shape index (κ3) is 4.70. The summed E-state index contributed by atoms with van der Waals surface area (Å²) < 4.78 is 4.80. The van der Waals surface area contributed by atoms with Gasteiger partial charge in [-0.2, -0.15) is 0 Å². The molecule has 2 heterocycles. The molecular weight excluding hydrogens is 361 g/mol. The van der Waals surface area contributed by atoms with Gasteiger partial charge < -0.3 is 10.1 Å². The van der Waals surface area contributed by atoms with Crippen LogP contribution in [0.1, 0.15) is 27.5 Å². The second-order valence-corrected chi connectivity index (χ2v) is 6.18. The average molecular weight is 382 g/mol. The molecule has 1 aromatic carbocycles. The molecule has 1 aromatic heterocycles. The van der Waals surface area contributed by atoms with E-state index in [1.54, 1.807) is 18.3 Å². The highest BCUT2D eigenvalue weighted by atomic mass is 35.5. The van der Waals surface area contributed by atoms with Crippen molar-refractivity contribution in [3.8, 4) is 0 Å². The van der Waals surface area contributed by atoms with Crippen LogP contribution in [0.4, 0.5) is 0 Å². The Balaban J connectivity index is 0.00000225. The topological polar surface area (TPSA) is 54.5 Å². The van der Waals surface area contributed by atoms with Gasteiger partial charge in [-0.25, -0.2) is 4.79 Å². The molecule has 0 bridgehead atoms. The molecule has 5 nitrogen and oxygen atoms in total. The Bertz CT molecular complexity index is 713. The number of benzene rings is 1. The summed E-state index contributed by atoms with van der Waals surface area (Å²) in [5.74, 6) is -0.350. The number of carbonyl (C=O) groups is 1. The zero-order valence-electron chi connectivity index (χ0n) is 13.9. The minimum atomic E-state index is -0.350. The van der Waals surface area contributed by atoms with E-state index >= 15 is 0 Å². The van der Waals surface area contributed by atoms with Crippen molar-refractivity contribution in [3.63, 3.8) is 0 Å². The number of methoxy groups -OCH3 is 1. The molecule has 0 amide bonds. The summed E-state index contributed by atoms with van der Waals surface area (Å²) in [6.07, 6.45) is 3.68. The normalized spacial score (nSPS) is 17.6. The number of aromatic nitrogens is 1. The van der Waals surface area contributed by atoms with Gasteiger partial charge in [0.05, 0.1) is 12.7 Å².